The van der Waals surface area contributed by atoms with Gasteiger partial charge >= 0.3 is 0 Å². The Morgan fingerprint density at radius 1 is 0.565 bits per heavy atom. The fourth-order valence-electron chi connectivity index (χ4n) is 3.16. The molecule has 0 fully saturated rings. The zero-order chi connectivity index (χ0) is 15.9. The van der Waals surface area contributed by atoms with E-state index in [9.17, 15) is 5.11 Å². The molecule has 0 radical (unpaired) electrons. The second-order valence-corrected chi connectivity index (χ2v) is 5.90. The standard InChI is InChI=1S/C22H22O/c23-17-21(18-10-4-1-5-11-18)16-22(19-12-6-2-7-13-19)20-14-8-3-9-15-20/h1-15,21-23H,16-17H2. The fraction of sp³-hybridized carbons (Fsp3) is 0.182. The van der Waals surface area contributed by atoms with E-state index in [-0.39, 0.29) is 18.4 Å². The van der Waals surface area contributed by atoms with Crippen LogP contribution in [0.5, 0.6) is 0 Å². The van der Waals surface area contributed by atoms with Gasteiger partial charge in [0.2, 0.25) is 0 Å². The van der Waals surface area contributed by atoms with Crippen LogP contribution < -0.4 is 0 Å². The van der Waals surface area contributed by atoms with Crippen LogP contribution in [0, 0.1) is 0 Å². The van der Waals surface area contributed by atoms with E-state index in [1.54, 1.807) is 0 Å². The van der Waals surface area contributed by atoms with Crippen LogP contribution >= 0.6 is 0 Å². The third-order valence-electron chi connectivity index (χ3n) is 4.42. The molecular formula is C22H22O. The second kappa shape index (κ2) is 7.75. The van der Waals surface area contributed by atoms with Gasteiger partial charge in [-0.2, -0.15) is 0 Å². The predicted octanol–water partition coefficient (Wildman–Crippen LogP) is 4.98. The molecule has 0 aliphatic carbocycles. The number of hydrogen-bond donors (Lipinski definition) is 1. The third kappa shape index (κ3) is 3.88. The first-order chi connectivity index (χ1) is 11.4. The van der Waals surface area contributed by atoms with Gasteiger partial charge in [0.1, 0.15) is 0 Å². The van der Waals surface area contributed by atoms with Crippen molar-refractivity contribution in [3.05, 3.63) is 108 Å². The molecule has 0 aliphatic heterocycles. The third-order valence-corrected chi connectivity index (χ3v) is 4.42. The summed E-state index contributed by atoms with van der Waals surface area (Å²) in [6.07, 6.45) is 0.897. The quantitative estimate of drug-likeness (QED) is 0.680. The molecule has 0 heterocycles. The molecule has 0 aromatic heterocycles. The summed E-state index contributed by atoms with van der Waals surface area (Å²) in [5.41, 5.74) is 3.80. The van der Waals surface area contributed by atoms with E-state index in [0.29, 0.717) is 0 Å². The normalized spacial score (nSPS) is 12.3. The molecule has 0 saturated carbocycles. The van der Waals surface area contributed by atoms with E-state index >= 15 is 0 Å². The summed E-state index contributed by atoms with van der Waals surface area (Å²) in [4.78, 5) is 0. The topological polar surface area (TPSA) is 20.2 Å². The fourth-order valence-corrected chi connectivity index (χ4v) is 3.16. The molecule has 0 bridgehead atoms. The number of aliphatic hydroxyl groups excluding tert-OH is 1. The maximum atomic E-state index is 9.92. The van der Waals surface area contributed by atoms with Gasteiger partial charge in [-0.3, -0.25) is 0 Å². The first-order valence-corrected chi connectivity index (χ1v) is 8.14. The first kappa shape index (κ1) is 15.5. The van der Waals surface area contributed by atoms with Crippen LogP contribution in [0.15, 0.2) is 91.0 Å². The average Bonchev–Trinajstić information content (AvgIpc) is 2.65. The molecule has 1 atom stereocenters. The Balaban J connectivity index is 1.93. The summed E-state index contributed by atoms with van der Waals surface area (Å²) >= 11 is 0. The van der Waals surface area contributed by atoms with Gasteiger partial charge in [0.25, 0.3) is 0 Å². The van der Waals surface area contributed by atoms with Crippen molar-refractivity contribution >= 4 is 0 Å². The van der Waals surface area contributed by atoms with Gasteiger partial charge in [-0.25, -0.2) is 0 Å². The first-order valence-electron chi connectivity index (χ1n) is 8.14. The smallest absolute Gasteiger partial charge is 0.0500 e. The van der Waals surface area contributed by atoms with Crippen LogP contribution in [0.3, 0.4) is 0 Å². The van der Waals surface area contributed by atoms with E-state index < -0.39 is 0 Å². The van der Waals surface area contributed by atoms with Crippen LogP contribution in [0.25, 0.3) is 0 Å². The van der Waals surface area contributed by atoms with Gasteiger partial charge < -0.3 is 5.11 Å². The summed E-state index contributed by atoms with van der Waals surface area (Å²) in [5.74, 6) is 0.427. The molecule has 3 aromatic rings. The highest BCUT2D eigenvalue weighted by Gasteiger charge is 2.20. The highest BCUT2D eigenvalue weighted by molar-refractivity contribution is 5.33. The minimum absolute atomic E-state index is 0.140. The lowest BCUT2D eigenvalue weighted by molar-refractivity contribution is 0.256. The average molecular weight is 302 g/mol. The molecule has 1 nitrogen and oxygen atoms in total. The van der Waals surface area contributed by atoms with Gasteiger partial charge in [-0.1, -0.05) is 91.0 Å². The lowest BCUT2D eigenvalue weighted by Crippen LogP contribution is -2.11. The van der Waals surface area contributed by atoms with Crippen LogP contribution in [0.2, 0.25) is 0 Å². The summed E-state index contributed by atoms with van der Waals surface area (Å²) in [5, 5.41) is 9.92. The van der Waals surface area contributed by atoms with Crippen LogP contribution in [0.4, 0.5) is 0 Å². The molecule has 0 amide bonds. The lowest BCUT2D eigenvalue weighted by Gasteiger charge is -2.23. The molecular weight excluding hydrogens is 280 g/mol. The van der Waals surface area contributed by atoms with Gasteiger partial charge in [0.05, 0.1) is 0 Å². The van der Waals surface area contributed by atoms with Crippen molar-refractivity contribution in [3.8, 4) is 0 Å². The number of benzene rings is 3. The molecule has 3 rings (SSSR count). The molecule has 0 spiro atoms. The minimum atomic E-state index is 0.140. The molecule has 1 heteroatoms. The van der Waals surface area contributed by atoms with Crippen molar-refractivity contribution in [1.29, 1.82) is 0 Å². The Labute approximate surface area is 138 Å². The molecule has 116 valence electrons. The summed E-state index contributed by atoms with van der Waals surface area (Å²) in [6.45, 7) is 0.167. The van der Waals surface area contributed by atoms with E-state index in [0.717, 1.165) is 6.42 Å². The van der Waals surface area contributed by atoms with Gasteiger partial charge in [-0.05, 0) is 23.1 Å². The lowest BCUT2D eigenvalue weighted by atomic mass is 9.81. The van der Waals surface area contributed by atoms with Crippen LogP contribution in [-0.2, 0) is 0 Å². The zero-order valence-electron chi connectivity index (χ0n) is 13.2. The van der Waals surface area contributed by atoms with Gasteiger partial charge in [0.15, 0.2) is 0 Å². The molecule has 23 heavy (non-hydrogen) atoms. The molecule has 1 unspecified atom stereocenters. The molecule has 3 aromatic carbocycles. The summed E-state index contributed by atoms with van der Waals surface area (Å²) in [7, 11) is 0. The highest BCUT2D eigenvalue weighted by Crippen LogP contribution is 2.34. The predicted molar refractivity (Wildman–Crippen MR) is 95.6 cm³/mol. The van der Waals surface area contributed by atoms with Crippen molar-refractivity contribution in [1.82, 2.24) is 0 Å². The molecule has 1 N–H and O–H groups in total. The number of aliphatic hydroxyl groups is 1. The van der Waals surface area contributed by atoms with E-state index in [1.807, 2.05) is 30.3 Å². The minimum Gasteiger partial charge on any atom is -0.396 e. The van der Waals surface area contributed by atoms with Crippen molar-refractivity contribution in [2.75, 3.05) is 6.61 Å². The van der Waals surface area contributed by atoms with Crippen LogP contribution in [-0.4, -0.2) is 11.7 Å². The van der Waals surface area contributed by atoms with Crippen molar-refractivity contribution in [3.63, 3.8) is 0 Å². The van der Waals surface area contributed by atoms with Crippen molar-refractivity contribution in [2.45, 2.75) is 18.3 Å². The molecule has 0 aliphatic rings. The summed E-state index contributed by atoms with van der Waals surface area (Å²) < 4.78 is 0. The van der Waals surface area contributed by atoms with Gasteiger partial charge in [0, 0.05) is 18.4 Å². The van der Waals surface area contributed by atoms with E-state index in [4.69, 9.17) is 0 Å². The zero-order valence-corrected chi connectivity index (χ0v) is 13.2. The number of rotatable bonds is 6. The van der Waals surface area contributed by atoms with Crippen molar-refractivity contribution in [2.24, 2.45) is 0 Å². The van der Waals surface area contributed by atoms with E-state index in [1.165, 1.54) is 16.7 Å². The van der Waals surface area contributed by atoms with E-state index in [2.05, 4.69) is 60.7 Å². The maximum Gasteiger partial charge on any atom is 0.0500 e. The Morgan fingerprint density at radius 2 is 0.957 bits per heavy atom. The monoisotopic (exact) mass is 302 g/mol. The SMILES string of the molecule is OCC(CC(c1ccccc1)c1ccccc1)c1ccccc1. The largest absolute Gasteiger partial charge is 0.396 e. The Bertz CT molecular complexity index is 652. The second-order valence-electron chi connectivity index (χ2n) is 5.90. The molecule has 0 saturated heterocycles. The van der Waals surface area contributed by atoms with Gasteiger partial charge in [-0.15, -0.1) is 0 Å². The Morgan fingerprint density at radius 3 is 1.35 bits per heavy atom. The Hall–Kier alpha value is -2.38. The summed E-state index contributed by atoms with van der Waals surface area (Å²) in [6, 6.07) is 31.5. The van der Waals surface area contributed by atoms with Crippen LogP contribution in [0.1, 0.15) is 34.9 Å². The van der Waals surface area contributed by atoms with Crippen molar-refractivity contribution < 1.29 is 5.11 Å². The number of hydrogen-bond acceptors (Lipinski definition) is 1. The maximum absolute atomic E-state index is 9.92. The Kier molecular flexibility index (Phi) is 5.23. The highest BCUT2D eigenvalue weighted by atomic mass is 16.3.